The van der Waals surface area contributed by atoms with E-state index in [-0.39, 0.29) is 12.1 Å². The van der Waals surface area contributed by atoms with E-state index < -0.39 is 0 Å². The molecule has 0 spiro atoms. The fourth-order valence-electron chi connectivity index (χ4n) is 4.61. The maximum Gasteiger partial charge on any atom is 0.319 e. The van der Waals surface area contributed by atoms with E-state index in [0.717, 1.165) is 42.5 Å². The summed E-state index contributed by atoms with van der Waals surface area (Å²) in [4.78, 5) is 15.2. The standard InChI is InChI=1S/C22H25N5O/c28-22(24-18-7-5-8-20-17(18)14-23-26-20)25-19-11-10-16-15(19)6-4-9-21(16)27-12-2-1-3-13-27/h4-9,14,19H,1-3,10-13H2,(H,23,26)(H2,24,25,28). The molecule has 1 fully saturated rings. The monoisotopic (exact) mass is 375 g/mol. The van der Waals surface area contributed by atoms with Gasteiger partial charge in [0.25, 0.3) is 0 Å². The average molecular weight is 375 g/mol. The van der Waals surface area contributed by atoms with Gasteiger partial charge in [0.05, 0.1) is 23.4 Å². The van der Waals surface area contributed by atoms with Gasteiger partial charge >= 0.3 is 6.03 Å². The van der Waals surface area contributed by atoms with Crippen LogP contribution in [-0.4, -0.2) is 29.3 Å². The average Bonchev–Trinajstić information content (AvgIpc) is 3.36. The lowest BCUT2D eigenvalue weighted by Crippen LogP contribution is -2.32. The largest absolute Gasteiger partial charge is 0.371 e. The number of piperidine rings is 1. The van der Waals surface area contributed by atoms with E-state index in [1.54, 1.807) is 6.20 Å². The van der Waals surface area contributed by atoms with Gasteiger partial charge in [-0.1, -0.05) is 18.2 Å². The topological polar surface area (TPSA) is 73.0 Å². The molecule has 6 heteroatoms. The summed E-state index contributed by atoms with van der Waals surface area (Å²) in [5, 5.41) is 14.1. The van der Waals surface area contributed by atoms with Gasteiger partial charge in [-0.05, 0) is 61.4 Å². The van der Waals surface area contributed by atoms with Crippen LogP contribution in [0.1, 0.15) is 42.9 Å². The second kappa shape index (κ2) is 7.19. The molecule has 1 saturated heterocycles. The highest BCUT2D eigenvalue weighted by atomic mass is 16.2. The maximum atomic E-state index is 12.7. The van der Waals surface area contributed by atoms with Crippen molar-refractivity contribution in [1.29, 1.82) is 0 Å². The third-order valence-corrected chi connectivity index (χ3v) is 5.98. The number of H-pyrrole nitrogens is 1. The molecular weight excluding hydrogens is 350 g/mol. The molecule has 0 bridgehead atoms. The highest BCUT2D eigenvalue weighted by molar-refractivity contribution is 6.00. The Morgan fingerprint density at radius 2 is 1.96 bits per heavy atom. The first-order chi connectivity index (χ1) is 13.8. The van der Waals surface area contributed by atoms with Crippen molar-refractivity contribution in [3.05, 3.63) is 53.7 Å². The van der Waals surface area contributed by atoms with Crippen LogP contribution in [0.4, 0.5) is 16.2 Å². The third kappa shape index (κ3) is 3.09. The van der Waals surface area contributed by atoms with Gasteiger partial charge in [0.1, 0.15) is 0 Å². The molecule has 5 rings (SSSR count). The summed E-state index contributed by atoms with van der Waals surface area (Å²) in [6, 6.07) is 12.2. The molecule has 2 aliphatic rings. The molecule has 6 nitrogen and oxygen atoms in total. The number of anilines is 2. The van der Waals surface area contributed by atoms with Crippen molar-refractivity contribution < 1.29 is 4.79 Å². The molecule has 28 heavy (non-hydrogen) atoms. The Hall–Kier alpha value is -3.02. The summed E-state index contributed by atoms with van der Waals surface area (Å²) in [5.41, 5.74) is 5.72. The SMILES string of the molecule is O=C(Nc1cccc2[nH]ncc12)NC1CCc2c1cccc2N1CCCCC1. The van der Waals surface area contributed by atoms with Crippen molar-refractivity contribution in [3.63, 3.8) is 0 Å². The number of rotatable bonds is 3. The predicted molar refractivity (Wildman–Crippen MR) is 112 cm³/mol. The van der Waals surface area contributed by atoms with Crippen molar-refractivity contribution in [2.45, 2.75) is 38.1 Å². The van der Waals surface area contributed by atoms with Crippen LogP contribution in [-0.2, 0) is 6.42 Å². The summed E-state index contributed by atoms with van der Waals surface area (Å²) in [7, 11) is 0. The van der Waals surface area contributed by atoms with Gasteiger partial charge in [0, 0.05) is 24.2 Å². The number of aromatic nitrogens is 2. The van der Waals surface area contributed by atoms with E-state index in [1.807, 2.05) is 18.2 Å². The van der Waals surface area contributed by atoms with Gasteiger partial charge in [-0.3, -0.25) is 5.10 Å². The second-order valence-corrected chi connectivity index (χ2v) is 7.72. The summed E-state index contributed by atoms with van der Waals surface area (Å²) in [6.07, 6.45) is 7.58. The quantitative estimate of drug-likeness (QED) is 0.637. The smallest absolute Gasteiger partial charge is 0.319 e. The lowest BCUT2D eigenvalue weighted by Gasteiger charge is -2.30. The fourth-order valence-corrected chi connectivity index (χ4v) is 4.61. The van der Waals surface area contributed by atoms with Crippen LogP contribution in [0.5, 0.6) is 0 Å². The number of nitrogens with one attached hydrogen (secondary N) is 3. The molecule has 1 aliphatic heterocycles. The molecule has 0 radical (unpaired) electrons. The Labute approximate surface area is 164 Å². The number of benzene rings is 2. The Bertz CT molecular complexity index is 1010. The zero-order valence-corrected chi connectivity index (χ0v) is 15.9. The minimum absolute atomic E-state index is 0.0586. The molecule has 1 aliphatic carbocycles. The van der Waals surface area contributed by atoms with Crippen LogP contribution in [0.3, 0.4) is 0 Å². The van der Waals surface area contributed by atoms with Crippen LogP contribution < -0.4 is 15.5 Å². The Kier molecular flexibility index (Phi) is 4.39. The Morgan fingerprint density at radius 3 is 2.86 bits per heavy atom. The molecule has 2 amide bonds. The van der Waals surface area contributed by atoms with Gasteiger partial charge in [0.2, 0.25) is 0 Å². The van der Waals surface area contributed by atoms with Crippen LogP contribution in [0.25, 0.3) is 10.9 Å². The van der Waals surface area contributed by atoms with Crippen LogP contribution in [0.2, 0.25) is 0 Å². The number of aromatic amines is 1. The number of carbonyl (C=O) groups is 1. The lowest BCUT2D eigenvalue weighted by molar-refractivity contribution is 0.248. The minimum Gasteiger partial charge on any atom is -0.371 e. The number of carbonyl (C=O) groups excluding carboxylic acids is 1. The molecular formula is C22H25N5O. The lowest BCUT2D eigenvalue weighted by atomic mass is 10.0. The molecule has 3 aromatic rings. The fraction of sp³-hybridized carbons (Fsp3) is 0.364. The Morgan fingerprint density at radius 1 is 1.11 bits per heavy atom. The van der Waals surface area contributed by atoms with Crippen LogP contribution >= 0.6 is 0 Å². The van der Waals surface area contributed by atoms with E-state index >= 15 is 0 Å². The molecule has 1 aromatic heterocycles. The van der Waals surface area contributed by atoms with Crippen LogP contribution in [0, 0.1) is 0 Å². The van der Waals surface area contributed by atoms with Gasteiger partial charge in [-0.2, -0.15) is 5.10 Å². The molecule has 2 aromatic carbocycles. The summed E-state index contributed by atoms with van der Waals surface area (Å²) in [5.74, 6) is 0. The third-order valence-electron chi connectivity index (χ3n) is 5.98. The van der Waals surface area contributed by atoms with E-state index in [0.29, 0.717) is 0 Å². The van der Waals surface area contributed by atoms with Crippen molar-refractivity contribution in [2.24, 2.45) is 0 Å². The van der Waals surface area contributed by atoms with Crippen molar-refractivity contribution in [3.8, 4) is 0 Å². The first-order valence-corrected chi connectivity index (χ1v) is 10.2. The predicted octanol–water partition coefficient (Wildman–Crippen LogP) is 4.36. The zero-order chi connectivity index (χ0) is 18.9. The summed E-state index contributed by atoms with van der Waals surface area (Å²) < 4.78 is 0. The number of urea groups is 1. The summed E-state index contributed by atoms with van der Waals surface area (Å²) in [6.45, 7) is 2.29. The highest BCUT2D eigenvalue weighted by Crippen LogP contribution is 2.38. The van der Waals surface area contributed by atoms with E-state index in [4.69, 9.17) is 0 Å². The number of nitrogens with zero attached hydrogens (tertiary/aromatic N) is 2. The molecule has 3 N–H and O–H groups in total. The Balaban J connectivity index is 1.32. The van der Waals surface area contributed by atoms with E-state index in [1.165, 1.54) is 36.1 Å². The number of hydrogen-bond acceptors (Lipinski definition) is 3. The van der Waals surface area contributed by atoms with Crippen molar-refractivity contribution in [1.82, 2.24) is 15.5 Å². The number of amides is 2. The molecule has 1 unspecified atom stereocenters. The first-order valence-electron chi connectivity index (χ1n) is 10.2. The highest BCUT2D eigenvalue weighted by Gasteiger charge is 2.28. The zero-order valence-electron chi connectivity index (χ0n) is 15.9. The second-order valence-electron chi connectivity index (χ2n) is 7.72. The molecule has 1 atom stereocenters. The molecule has 144 valence electrons. The first kappa shape index (κ1) is 17.1. The maximum absolute atomic E-state index is 12.7. The van der Waals surface area contributed by atoms with Crippen molar-refractivity contribution in [2.75, 3.05) is 23.3 Å². The van der Waals surface area contributed by atoms with E-state index in [9.17, 15) is 4.79 Å². The van der Waals surface area contributed by atoms with Gasteiger partial charge < -0.3 is 15.5 Å². The van der Waals surface area contributed by atoms with Gasteiger partial charge in [-0.15, -0.1) is 0 Å². The van der Waals surface area contributed by atoms with E-state index in [2.05, 4.69) is 43.9 Å². The van der Waals surface area contributed by atoms with Gasteiger partial charge in [0.15, 0.2) is 0 Å². The number of hydrogen-bond donors (Lipinski definition) is 3. The molecule has 0 saturated carbocycles. The number of fused-ring (bicyclic) bond motifs is 2. The van der Waals surface area contributed by atoms with Crippen LogP contribution in [0.15, 0.2) is 42.6 Å². The minimum atomic E-state index is -0.171. The molecule has 2 heterocycles. The van der Waals surface area contributed by atoms with Gasteiger partial charge in [-0.25, -0.2) is 4.79 Å². The van der Waals surface area contributed by atoms with Crippen molar-refractivity contribution >= 4 is 28.3 Å². The summed E-state index contributed by atoms with van der Waals surface area (Å²) >= 11 is 0. The normalized spacial score (nSPS) is 18.9.